The van der Waals surface area contributed by atoms with Gasteiger partial charge in [0.25, 0.3) is 5.91 Å². The van der Waals surface area contributed by atoms with Crippen LogP contribution in [0, 0.1) is 0 Å². The van der Waals surface area contributed by atoms with Gasteiger partial charge in [-0.15, -0.1) is 24.8 Å². The number of piperazine rings is 1. The number of amides is 1. The normalized spacial score (nSPS) is 16.6. The first-order valence-corrected chi connectivity index (χ1v) is 9.15. The van der Waals surface area contributed by atoms with Gasteiger partial charge in [-0.3, -0.25) is 4.79 Å². The number of carbonyl (C=O) groups excluding carboxylic acids is 1. The minimum absolute atomic E-state index is 0. The average molecular weight is 465 g/mol. The molecule has 4 nitrogen and oxygen atoms in total. The van der Waals surface area contributed by atoms with Gasteiger partial charge in [0, 0.05) is 41.2 Å². The maximum absolute atomic E-state index is 12.9. The van der Waals surface area contributed by atoms with E-state index in [1.165, 1.54) is 11.8 Å². The standard InChI is InChI=1S/C17H18BrN3OS.2ClH/c1-12-11-21(9-8-19-12)17(22)14-4-2-3-5-15(14)23-16-7-6-13(18)10-20-16;;/h2-7,10,12,19H,8-9,11H2,1H3;2*1H. The highest BCUT2D eigenvalue weighted by atomic mass is 79.9. The molecule has 1 atom stereocenters. The van der Waals surface area contributed by atoms with Gasteiger partial charge in [-0.1, -0.05) is 23.9 Å². The minimum Gasteiger partial charge on any atom is -0.336 e. The van der Waals surface area contributed by atoms with E-state index in [1.807, 2.05) is 41.3 Å². The second-order valence-electron chi connectivity index (χ2n) is 5.52. The summed E-state index contributed by atoms with van der Waals surface area (Å²) in [4.78, 5) is 20.1. The largest absolute Gasteiger partial charge is 0.336 e. The quantitative estimate of drug-likeness (QED) is 0.736. The van der Waals surface area contributed by atoms with Crippen molar-refractivity contribution in [3.8, 4) is 0 Å². The summed E-state index contributed by atoms with van der Waals surface area (Å²) in [6.45, 7) is 4.44. The number of aromatic nitrogens is 1. The Morgan fingerprint density at radius 2 is 2.04 bits per heavy atom. The zero-order valence-electron chi connectivity index (χ0n) is 13.6. The number of carbonyl (C=O) groups is 1. The van der Waals surface area contributed by atoms with Crippen molar-refractivity contribution in [1.29, 1.82) is 0 Å². The Balaban J connectivity index is 0.00000156. The fraction of sp³-hybridized carbons (Fsp3) is 0.294. The first-order chi connectivity index (χ1) is 11.1. The summed E-state index contributed by atoms with van der Waals surface area (Å²) >= 11 is 4.91. The molecule has 2 heterocycles. The van der Waals surface area contributed by atoms with E-state index in [1.54, 1.807) is 6.20 Å². The predicted molar refractivity (Wildman–Crippen MR) is 110 cm³/mol. The highest BCUT2D eigenvalue weighted by Crippen LogP contribution is 2.30. The molecule has 1 amide bonds. The maximum atomic E-state index is 12.9. The number of halogens is 3. The van der Waals surface area contributed by atoms with Gasteiger partial charge in [-0.2, -0.15) is 0 Å². The summed E-state index contributed by atoms with van der Waals surface area (Å²) < 4.78 is 0.945. The molecule has 8 heteroatoms. The second-order valence-corrected chi connectivity index (χ2v) is 7.50. The Morgan fingerprint density at radius 3 is 2.72 bits per heavy atom. The van der Waals surface area contributed by atoms with Gasteiger partial charge in [0.1, 0.15) is 5.03 Å². The van der Waals surface area contributed by atoms with Crippen molar-refractivity contribution in [2.24, 2.45) is 0 Å². The van der Waals surface area contributed by atoms with Gasteiger partial charge >= 0.3 is 0 Å². The smallest absolute Gasteiger partial charge is 0.255 e. The Hall–Kier alpha value is -0.790. The lowest BCUT2D eigenvalue weighted by molar-refractivity contribution is 0.0705. The molecule has 25 heavy (non-hydrogen) atoms. The van der Waals surface area contributed by atoms with Crippen LogP contribution in [0.2, 0.25) is 0 Å². The van der Waals surface area contributed by atoms with Crippen LogP contribution >= 0.6 is 52.5 Å². The second kappa shape index (κ2) is 10.4. The number of nitrogens with one attached hydrogen (secondary N) is 1. The van der Waals surface area contributed by atoms with E-state index in [0.29, 0.717) is 6.04 Å². The molecule has 0 bridgehead atoms. The fourth-order valence-electron chi connectivity index (χ4n) is 2.55. The zero-order valence-corrected chi connectivity index (χ0v) is 17.7. The summed E-state index contributed by atoms with van der Waals surface area (Å²) in [7, 11) is 0. The highest BCUT2D eigenvalue weighted by molar-refractivity contribution is 9.10. The number of hydrogen-bond donors (Lipinski definition) is 1. The number of hydrogen-bond acceptors (Lipinski definition) is 4. The van der Waals surface area contributed by atoms with Crippen LogP contribution in [0.25, 0.3) is 0 Å². The minimum atomic E-state index is 0. The summed E-state index contributed by atoms with van der Waals surface area (Å²) in [5.74, 6) is 0.0959. The Bertz CT molecular complexity index is 703. The SMILES string of the molecule is CC1CN(C(=O)c2ccccc2Sc2ccc(Br)cn2)CCN1.Cl.Cl. The van der Waals surface area contributed by atoms with Crippen LogP contribution in [0.4, 0.5) is 0 Å². The van der Waals surface area contributed by atoms with Gasteiger partial charge in [-0.05, 0) is 47.1 Å². The molecule has 1 aliphatic heterocycles. The first-order valence-electron chi connectivity index (χ1n) is 7.54. The number of pyridine rings is 1. The summed E-state index contributed by atoms with van der Waals surface area (Å²) in [5, 5.41) is 4.24. The van der Waals surface area contributed by atoms with E-state index in [4.69, 9.17) is 0 Å². The van der Waals surface area contributed by atoms with Crippen molar-refractivity contribution < 1.29 is 4.79 Å². The molecule has 1 aliphatic rings. The topological polar surface area (TPSA) is 45.2 Å². The van der Waals surface area contributed by atoms with Crippen molar-refractivity contribution in [3.63, 3.8) is 0 Å². The first kappa shape index (κ1) is 22.3. The van der Waals surface area contributed by atoms with Crippen LogP contribution < -0.4 is 5.32 Å². The molecule has 1 N–H and O–H groups in total. The van der Waals surface area contributed by atoms with Crippen LogP contribution in [0.3, 0.4) is 0 Å². The monoisotopic (exact) mass is 463 g/mol. The molecular weight excluding hydrogens is 445 g/mol. The fourth-order valence-corrected chi connectivity index (χ4v) is 3.67. The predicted octanol–water partition coefficient (Wildman–Crippen LogP) is 4.27. The summed E-state index contributed by atoms with van der Waals surface area (Å²) in [5.41, 5.74) is 0.747. The van der Waals surface area contributed by atoms with E-state index in [9.17, 15) is 4.79 Å². The average Bonchev–Trinajstić information content (AvgIpc) is 2.57. The molecule has 1 aromatic carbocycles. The number of benzene rings is 1. The van der Waals surface area contributed by atoms with E-state index in [0.717, 1.165) is 39.6 Å². The molecule has 136 valence electrons. The summed E-state index contributed by atoms with van der Waals surface area (Å²) in [6, 6.07) is 12.0. The molecule has 1 unspecified atom stereocenters. The van der Waals surface area contributed by atoms with Gasteiger partial charge < -0.3 is 10.2 Å². The third-order valence-corrected chi connectivity index (χ3v) is 5.18. The number of nitrogens with zero attached hydrogens (tertiary/aromatic N) is 2. The molecular formula is C17H20BrCl2N3OS. The number of rotatable bonds is 3. The third kappa shape index (κ3) is 5.86. The molecule has 0 spiro atoms. The molecule has 0 radical (unpaired) electrons. The zero-order chi connectivity index (χ0) is 16.2. The maximum Gasteiger partial charge on any atom is 0.255 e. The molecule has 1 saturated heterocycles. The van der Waals surface area contributed by atoms with Crippen LogP contribution in [-0.2, 0) is 0 Å². The molecule has 0 aliphatic carbocycles. The van der Waals surface area contributed by atoms with Crippen LogP contribution in [0.1, 0.15) is 17.3 Å². The van der Waals surface area contributed by atoms with E-state index >= 15 is 0 Å². The van der Waals surface area contributed by atoms with E-state index in [-0.39, 0.29) is 30.7 Å². The Kier molecular flexibility index (Phi) is 9.24. The van der Waals surface area contributed by atoms with Crippen molar-refractivity contribution in [2.75, 3.05) is 19.6 Å². The molecule has 2 aromatic rings. The molecule has 1 fully saturated rings. The van der Waals surface area contributed by atoms with E-state index < -0.39 is 0 Å². The summed E-state index contributed by atoms with van der Waals surface area (Å²) in [6.07, 6.45) is 1.77. The van der Waals surface area contributed by atoms with Crippen molar-refractivity contribution in [3.05, 3.63) is 52.6 Å². The Morgan fingerprint density at radius 1 is 1.28 bits per heavy atom. The van der Waals surface area contributed by atoms with Crippen molar-refractivity contribution in [2.45, 2.75) is 22.9 Å². The highest BCUT2D eigenvalue weighted by Gasteiger charge is 2.23. The van der Waals surface area contributed by atoms with E-state index in [2.05, 4.69) is 33.2 Å². The molecule has 0 saturated carbocycles. The molecule has 1 aromatic heterocycles. The lowest BCUT2D eigenvalue weighted by Gasteiger charge is -2.32. The van der Waals surface area contributed by atoms with Crippen LogP contribution in [0.5, 0.6) is 0 Å². The Labute approximate surface area is 173 Å². The van der Waals surface area contributed by atoms with Crippen molar-refractivity contribution >= 4 is 58.4 Å². The van der Waals surface area contributed by atoms with Crippen molar-refractivity contribution in [1.82, 2.24) is 15.2 Å². The van der Waals surface area contributed by atoms with Gasteiger partial charge in [-0.25, -0.2) is 4.98 Å². The van der Waals surface area contributed by atoms with Gasteiger partial charge in [0.15, 0.2) is 0 Å². The van der Waals surface area contributed by atoms with Crippen LogP contribution in [0.15, 0.2) is 57.0 Å². The van der Waals surface area contributed by atoms with Crippen LogP contribution in [-0.4, -0.2) is 41.5 Å². The van der Waals surface area contributed by atoms with Gasteiger partial charge in [0.2, 0.25) is 0 Å². The third-order valence-electron chi connectivity index (χ3n) is 3.69. The lowest BCUT2D eigenvalue weighted by atomic mass is 10.1. The lowest BCUT2D eigenvalue weighted by Crippen LogP contribution is -2.51. The van der Waals surface area contributed by atoms with Gasteiger partial charge in [0.05, 0.1) is 5.56 Å². The molecule has 3 rings (SSSR count).